The van der Waals surface area contributed by atoms with E-state index in [1.54, 1.807) is 0 Å². The molecule has 2 N–H and O–H groups in total. The highest BCUT2D eigenvalue weighted by Gasteiger charge is 2.25. The molecule has 0 aromatic carbocycles. The van der Waals surface area contributed by atoms with E-state index in [9.17, 15) is 4.79 Å². The maximum absolute atomic E-state index is 11.9. The lowest BCUT2D eigenvalue weighted by Gasteiger charge is -2.27. The standard InChI is InChI=1S/C14H28N2O2/c1-16(2)10-3-9-15-14(18)13-6-4-12(5-7-13)8-11-17/h12-13,17H,3-11H2,1-2H3,(H,15,18). The number of aliphatic hydroxyl groups is 1. The van der Waals surface area contributed by atoms with Gasteiger partial charge in [-0.1, -0.05) is 0 Å². The van der Waals surface area contributed by atoms with Gasteiger partial charge in [-0.15, -0.1) is 0 Å². The van der Waals surface area contributed by atoms with Crippen molar-refractivity contribution < 1.29 is 9.90 Å². The Labute approximate surface area is 111 Å². The van der Waals surface area contributed by atoms with Crippen LogP contribution >= 0.6 is 0 Å². The fourth-order valence-corrected chi connectivity index (χ4v) is 2.65. The molecule has 4 heteroatoms. The number of rotatable bonds is 7. The third kappa shape index (κ3) is 5.83. The van der Waals surface area contributed by atoms with Crippen molar-refractivity contribution >= 4 is 5.91 Å². The molecule has 0 heterocycles. The molecule has 1 amide bonds. The lowest BCUT2D eigenvalue weighted by atomic mass is 9.80. The molecule has 0 atom stereocenters. The summed E-state index contributed by atoms with van der Waals surface area (Å²) in [6, 6.07) is 0. The third-order valence-electron chi connectivity index (χ3n) is 3.84. The number of hydrogen-bond acceptors (Lipinski definition) is 3. The number of amides is 1. The first-order chi connectivity index (χ1) is 8.63. The summed E-state index contributed by atoms with van der Waals surface area (Å²) >= 11 is 0. The van der Waals surface area contributed by atoms with Crippen LogP contribution in [0.4, 0.5) is 0 Å². The number of carbonyl (C=O) groups excluding carboxylic acids is 1. The molecular formula is C14H28N2O2. The van der Waals surface area contributed by atoms with Crippen LogP contribution in [-0.2, 0) is 4.79 Å². The predicted molar refractivity (Wildman–Crippen MR) is 73.3 cm³/mol. The van der Waals surface area contributed by atoms with E-state index in [2.05, 4.69) is 10.2 Å². The molecular weight excluding hydrogens is 228 g/mol. The molecule has 1 rings (SSSR count). The Morgan fingerprint density at radius 2 is 1.94 bits per heavy atom. The van der Waals surface area contributed by atoms with Crippen LogP contribution in [-0.4, -0.2) is 49.7 Å². The van der Waals surface area contributed by atoms with Gasteiger partial charge in [0.25, 0.3) is 0 Å². The Morgan fingerprint density at radius 1 is 1.28 bits per heavy atom. The first kappa shape index (κ1) is 15.4. The Kier molecular flexibility index (Phi) is 7.28. The van der Waals surface area contributed by atoms with Gasteiger partial charge < -0.3 is 15.3 Å². The predicted octanol–water partition coefficient (Wildman–Crippen LogP) is 1.24. The molecule has 18 heavy (non-hydrogen) atoms. The van der Waals surface area contributed by atoms with Gasteiger partial charge in [-0.05, 0) is 65.1 Å². The highest BCUT2D eigenvalue weighted by Crippen LogP contribution is 2.30. The lowest BCUT2D eigenvalue weighted by Crippen LogP contribution is -2.34. The van der Waals surface area contributed by atoms with Crippen molar-refractivity contribution in [3.63, 3.8) is 0 Å². The van der Waals surface area contributed by atoms with Gasteiger partial charge in [0.05, 0.1) is 0 Å². The molecule has 0 radical (unpaired) electrons. The van der Waals surface area contributed by atoms with Crippen molar-refractivity contribution in [1.29, 1.82) is 0 Å². The van der Waals surface area contributed by atoms with E-state index < -0.39 is 0 Å². The summed E-state index contributed by atoms with van der Waals surface area (Å²) in [5.41, 5.74) is 0. The van der Waals surface area contributed by atoms with Crippen LogP contribution in [0.1, 0.15) is 38.5 Å². The van der Waals surface area contributed by atoms with Crippen LogP contribution in [0.15, 0.2) is 0 Å². The molecule has 1 fully saturated rings. The summed E-state index contributed by atoms with van der Waals surface area (Å²) in [6.07, 6.45) is 6.08. The molecule has 0 saturated heterocycles. The molecule has 0 unspecified atom stereocenters. The summed E-state index contributed by atoms with van der Waals surface area (Å²) in [5.74, 6) is 1.07. The van der Waals surface area contributed by atoms with Gasteiger partial charge >= 0.3 is 0 Å². The molecule has 0 bridgehead atoms. The fourth-order valence-electron chi connectivity index (χ4n) is 2.65. The van der Waals surface area contributed by atoms with E-state index in [1.165, 1.54) is 0 Å². The van der Waals surface area contributed by atoms with Crippen molar-refractivity contribution in [3.8, 4) is 0 Å². The van der Waals surface area contributed by atoms with Crippen molar-refractivity contribution in [2.24, 2.45) is 11.8 Å². The maximum Gasteiger partial charge on any atom is 0.223 e. The van der Waals surface area contributed by atoms with Gasteiger partial charge in [-0.2, -0.15) is 0 Å². The summed E-state index contributed by atoms with van der Waals surface area (Å²) in [4.78, 5) is 14.1. The topological polar surface area (TPSA) is 52.6 Å². The van der Waals surface area contributed by atoms with E-state index >= 15 is 0 Å². The average Bonchev–Trinajstić information content (AvgIpc) is 2.35. The zero-order valence-corrected chi connectivity index (χ0v) is 11.8. The molecule has 106 valence electrons. The minimum absolute atomic E-state index is 0.208. The van der Waals surface area contributed by atoms with Crippen molar-refractivity contribution in [1.82, 2.24) is 10.2 Å². The highest BCUT2D eigenvalue weighted by atomic mass is 16.3. The summed E-state index contributed by atoms with van der Waals surface area (Å²) < 4.78 is 0. The largest absolute Gasteiger partial charge is 0.396 e. The SMILES string of the molecule is CN(C)CCCNC(=O)C1CCC(CCO)CC1. The average molecular weight is 256 g/mol. The molecule has 0 spiro atoms. The van der Waals surface area contributed by atoms with E-state index in [-0.39, 0.29) is 18.4 Å². The normalized spacial score (nSPS) is 24.2. The molecule has 0 aliphatic heterocycles. The Morgan fingerprint density at radius 3 is 2.50 bits per heavy atom. The second-order valence-electron chi connectivity index (χ2n) is 5.68. The zero-order chi connectivity index (χ0) is 13.4. The van der Waals surface area contributed by atoms with Crippen molar-refractivity contribution in [3.05, 3.63) is 0 Å². The van der Waals surface area contributed by atoms with Crippen molar-refractivity contribution in [2.75, 3.05) is 33.8 Å². The first-order valence-electron chi connectivity index (χ1n) is 7.16. The minimum atomic E-state index is 0.208. The molecule has 1 aliphatic rings. The van der Waals surface area contributed by atoms with Gasteiger partial charge in [0.1, 0.15) is 0 Å². The summed E-state index contributed by atoms with van der Waals surface area (Å²) in [6.45, 7) is 2.09. The monoisotopic (exact) mass is 256 g/mol. The van der Waals surface area contributed by atoms with E-state index in [4.69, 9.17) is 5.11 Å². The van der Waals surface area contributed by atoms with Crippen LogP contribution < -0.4 is 5.32 Å². The van der Waals surface area contributed by atoms with Gasteiger partial charge in [0, 0.05) is 19.1 Å². The first-order valence-corrected chi connectivity index (χ1v) is 7.16. The molecule has 0 aromatic heterocycles. The Hall–Kier alpha value is -0.610. The number of aliphatic hydroxyl groups excluding tert-OH is 1. The zero-order valence-electron chi connectivity index (χ0n) is 11.8. The van der Waals surface area contributed by atoms with Gasteiger partial charge in [0.15, 0.2) is 0 Å². The van der Waals surface area contributed by atoms with E-state index in [1.807, 2.05) is 14.1 Å². The molecule has 1 saturated carbocycles. The Balaban J connectivity index is 2.12. The van der Waals surface area contributed by atoms with Crippen LogP contribution in [0.3, 0.4) is 0 Å². The smallest absolute Gasteiger partial charge is 0.223 e. The van der Waals surface area contributed by atoms with Gasteiger partial charge in [-0.3, -0.25) is 4.79 Å². The number of nitrogens with zero attached hydrogens (tertiary/aromatic N) is 1. The molecule has 4 nitrogen and oxygen atoms in total. The van der Waals surface area contributed by atoms with Crippen LogP contribution in [0.5, 0.6) is 0 Å². The van der Waals surface area contributed by atoms with Gasteiger partial charge in [-0.25, -0.2) is 0 Å². The van der Waals surface area contributed by atoms with Crippen molar-refractivity contribution in [2.45, 2.75) is 38.5 Å². The van der Waals surface area contributed by atoms with Crippen LogP contribution in [0.2, 0.25) is 0 Å². The van der Waals surface area contributed by atoms with Crippen LogP contribution in [0.25, 0.3) is 0 Å². The maximum atomic E-state index is 11.9. The quantitative estimate of drug-likeness (QED) is 0.674. The highest BCUT2D eigenvalue weighted by molar-refractivity contribution is 5.78. The van der Waals surface area contributed by atoms with E-state index in [0.717, 1.165) is 51.6 Å². The second-order valence-corrected chi connectivity index (χ2v) is 5.68. The van der Waals surface area contributed by atoms with Gasteiger partial charge in [0.2, 0.25) is 5.91 Å². The molecule has 0 aromatic rings. The van der Waals surface area contributed by atoms with E-state index in [0.29, 0.717) is 5.92 Å². The summed E-state index contributed by atoms with van der Waals surface area (Å²) in [5, 5.41) is 11.9. The fraction of sp³-hybridized carbons (Fsp3) is 0.929. The number of carbonyl (C=O) groups is 1. The Bertz CT molecular complexity index is 236. The number of hydrogen-bond donors (Lipinski definition) is 2. The molecule has 1 aliphatic carbocycles. The third-order valence-corrected chi connectivity index (χ3v) is 3.84. The van der Waals surface area contributed by atoms with Crippen LogP contribution in [0, 0.1) is 11.8 Å². The second kappa shape index (κ2) is 8.48. The lowest BCUT2D eigenvalue weighted by molar-refractivity contribution is -0.126. The summed E-state index contributed by atoms with van der Waals surface area (Å²) in [7, 11) is 4.09. The minimum Gasteiger partial charge on any atom is -0.396 e. The number of nitrogens with one attached hydrogen (secondary N) is 1.